The minimum Gasteiger partial charge on any atom is 0 e. The molecule has 4 aromatic rings. The molecule has 0 aromatic heterocycles. The number of halogens is 6. The van der Waals surface area contributed by atoms with Crippen molar-refractivity contribution in [2.24, 2.45) is 9.98 Å². The van der Waals surface area contributed by atoms with E-state index in [0.717, 1.165) is 22.3 Å². The molecule has 285 valence electrons. The second-order valence-corrected chi connectivity index (χ2v) is 15.9. The van der Waals surface area contributed by atoms with E-state index in [1.54, 1.807) is 38.8 Å². The van der Waals surface area contributed by atoms with Gasteiger partial charge < -0.3 is 19.7 Å². The minimum atomic E-state index is -10.7. The maximum atomic E-state index is 11.3. The number of rotatable bonds is 9. The molecule has 0 spiro atoms. The molecule has 6 nitrogen and oxygen atoms in total. The number of nitrogens with zero attached hydrogens (tertiary/aromatic N) is 2. The average Bonchev–Trinajstić information content (AvgIpc) is 3.02. The second kappa shape index (κ2) is 15.9. The van der Waals surface area contributed by atoms with Crippen molar-refractivity contribution >= 4 is 20.2 Å². The molecular formula is C38H44F6MnN2O4P-. The van der Waals surface area contributed by atoms with Crippen molar-refractivity contribution < 1.29 is 61.9 Å². The number of hydrogen-bond donors (Lipinski definition) is 2. The molecule has 0 aliphatic heterocycles. The summed E-state index contributed by atoms with van der Waals surface area (Å²) in [5, 5.41) is 22.6. The van der Waals surface area contributed by atoms with Crippen LogP contribution in [0.15, 0.2) is 94.9 Å². The Bertz CT molecular complexity index is 1730. The molecule has 0 bridgehead atoms. The fourth-order valence-corrected chi connectivity index (χ4v) is 5.16. The molecule has 0 saturated carbocycles. The molecule has 2 N–H and O–H groups in total. The number of phenolic OH excluding ortho intramolecular Hbond substituents is 2. The zero-order chi connectivity index (χ0) is 38.5. The monoisotopic (exact) mass is 792 g/mol. The van der Waals surface area contributed by atoms with Gasteiger partial charge in [-0.05, 0) is 46.2 Å². The molecule has 0 saturated heterocycles. The Balaban J connectivity index is 0.00000106. The number of methoxy groups -OCH3 is 2. The van der Waals surface area contributed by atoms with E-state index in [0.29, 0.717) is 22.6 Å². The number of aromatic hydroxyl groups is 2. The second-order valence-electron chi connectivity index (χ2n) is 14.0. The summed E-state index contributed by atoms with van der Waals surface area (Å²) in [6.07, 6.45) is 3.41. The minimum absolute atomic E-state index is 0. The van der Waals surface area contributed by atoms with E-state index in [2.05, 4.69) is 41.5 Å². The molecule has 0 unspecified atom stereocenters. The zero-order valence-electron chi connectivity index (χ0n) is 30.1. The number of phenols is 2. The van der Waals surface area contributed by atoms with Gasteiger partial charge in [0.1, 0.15) is 35.1 Å². The number of ether oxygens (including phenoxy) is 2. The van der Waals surface area contributed by atoms with Crippen LogP contribution in [0.2, 0.25) is 0 Å². The maximum Gasteiger partial charge on any atom is 0 e. The van der Waals surface area contributed by atoms with E-state index in [4.69, 9.17) is 19.5 Å². The van der Waals surface area contributed by atoms with Crippen molar-refractivity contribution in [1.82, 2.24) is 0 Å². The van der Waals surface area contributed by atoms with Crippen LogP contribution < -0.4 is 9.47 Å². The summed E-state index contributed by atoms with van der Waals surface area (Å²) in [5.74, 6) is 1.63. The van der Waals surface area contributed by atoms with Gasteiger partial charge in [0.15, 0.2) is 0 Å². The summed E-state index contributed by atoms with van der Waals surface area (Å²) in [4.78, 5) is 10.2. The van der Waals surface area contributed by atoms with Crippen LogP contribution in [-0.4, -0.2) is 36.9 Å². The van der Waals surface area contributed by atoms with E-state index in [9.17, 15) is 35.4 Å². The summed E-state index contributed by atoms with van der Waals surface area (Å²) in [7, 11) is -7.42. The average molecular weight is 793 g/mol. The van der Waals surface area contributed by atoms with Gasteiger partial charge in [-0.3, -0.25) is 9.98 Å². The van der Waals surface area contributed by atoms with Gasteiger partial charge in [0.05, 0.1) is 14.2 Å². The Labute approximate surface area is 311 Å². The van der Waals surface area contributed by atoms with Gasteiger partial charge in [-0.2, -0.15) is 0 Å². The maximum absolute atomic E-state index is 11.3. The Hall–Kier alpha value is -4.05. The summed E-state index contributed by atoms with van der Waals surface area (Å²) in [6, 6.07) is 26.4. The first kappa shape index (κ1) is 44.1. The van der Waals surface area contributed by atoms with Crippen LogP contribution in [0.5, 0.6) is 23.0 Å². The predicted molar refractivity (Wildman–Crippen MR) is 194 cm³/mol. The molecule has 4 aromatic carbocycles. The van der Waals surface area contributed by atoms with Gasteiger partial charge in [0.25, 0.3) is 0 Å². The summed E-state index contributed by atoms with van der Waals surface area (Å²) in [6.45, 7) is 12.3. The molecule has 0 aliphatic carbocycles. The molecule has 0 fully saturated rings. The topological polar surface area (TPSA) is 83.6 Å². The van der Waals surface area contributed by atoms with Crippen LogP contribution in [-0.2, 0) is 27.9 Å². The molecule has 0 amide bonds. The number of aliphatic imine (C=N–C) groups is 2. The van der Waals surface area contributed by atoms with E-state index < -0.39 is 19.9 Å². The Morgan fingerprint density at radius 1 is 0.577 bits per heavy atom. The third-order valence-corrected chi connectivity index (χ3v) is 7.64. The van der Waals surface area contributed by atoms with Crippen LogP contribution in [0.1, 0.15) is 87.0 Å². The summed E-state index contributed by atoms with van der Waals surface area (Å²) < 4.78 is 70.3. The molecule has 0 aliphatic rings. The standard InChI is InChI=1S/C38H44N2O4.F6P.Mn/c1-37(2,3)31-21-29(43-7)19-27(35(31)41)23-39-33(25-15-11-9-12-16-25)34(26-17-13-10-14-18-26)40-24-28-20-30(44-8)22-32(36(28)42)38(4,5)6;1-7(2,3,4,5)6;/h9-24,33-34,41-42H,1-8H3;;/q;-1;/t33-,34-;;/m0../s1. The van der Waals surface area contributed by atoms with Crippen molar-refractivity contribution in [1.29, 1.82) is 0 Å². The van der Waals surface area contributed by atoms with Crippen LogP contribution >= 0.6 is 7.81 Å². The van der Waals surface area contributed by atoms with Gasteiger partial charge in [-0.1, -0.05) is 102 Å². The van der Waals surface area contributed by atoms with E-state index in [-0.39, 0.29) is 39.4 Å². The Kier molecular flexibility index (Phi) is 13.5. The molecule has 2 atom stereocenters. The molecule has 52 heavy (non-hydrogen) atoms. The van der Waals surface area contributed by atoms with E-state index in [1.807, 2.05) is 72.8 Å². The van der Waals surface area contributed by atoms with Crippen molar-refractivity contribution in [3.05, 3.63) is 118 Å². The normalized spacial score (nSPS) is 14.7. The zero-order valence-corrected chi connectivity index (χ0v) is 32.2. The summed E-state index contributed by atoms with van der Waals surface area (Å²) in [5.41, 5.74) is 3.98. The Morgan fingerprint density at radius 3 is 1.12 bits per heavy atom. The van der Waals surface area contributed by atoms with Crippen molar-refractivity contribution in [3.8, 4) is 23.0 Å². The predicted octanol–water partition coefficient (Wildman–Crippen LogP) is 12.1. The summed E-state index contributed by atoms with van der Waals surface area (Å²) >= 11 is 0. The third kappa shape index (κ3) is 13.8. The van der Waals surface area contributed by atoms with Crippen molar-refractivity contribution in [2.45, 2.75) is 64.5 Å². The fraction of sp³-hybridized carbons (Fsp3) is 0.316. The number of benzene rings is 4. The fourth-order valence-electron chi connectivity index (χ4n) is 5.16. The van der Waals surface area contributed by atoms with Gasteiger partial charge in [0, 0.05) is 51.8 Å². The van der Waals surface area contributed by atoms with Crippen LogP contribution in [0.3, 0.4) is 0 Å². The third-order valence-electron chi connectivity index (χ3n) is 7.64. The van der Waals surface area contributed by atoms with Crippen LogP contribution in [0.4, 0.5) is 25.2 Å². The molecule has 14 heteroatoms. The van der Waals surface area contributed by atoms with E-state index >= 15 is 0 Å². The Morgan fingerprint density at radius 2 is 0.865 bits per heavy atom. The van der Waals surface area contributed by atoms with Crippen LogP contribution in [0, 0.1) is 0 Å². The molecule has 1 radical (unpaired) electrons. The van der Waals surface area contributed by atoms with Gasteiger partial charge in [-0.25, -0.2) is 0 Å². The van der Waals surface area contributed by atoms with Crippen LogP contribution in [0.25, 0.3) is 0 Å². The van der Waals surface area contributed by atoms with Gasteiger partial charge in [0.2, 0.25) is 0 Å². The van der Waals surface area contributed by atoms with E-state index in [1.165, 1.54) is 0 Å². The van der Waals surface area contributed by atoms with Crippen molar-refractivity contribution in [3.63, 3.8) is 0 Å². The first-order chi connectivity index (χ1) is 23.3. The molecular weight excluding hydrogens is 748 g/mol. The van der Waals surface area contributed by atoms with Gasteiger partial charge >= 0.3 is 33.0 Å². The van der Waals surface area contributed by atoms with Gasteiger partial charge in [-0.15, -0.1) is 0 Å². The largest absolute Gasteiger partial charge is 0 e. The quantitative estimate of drug-likeness (QED) is 0.0765. The molecule has 0 heterocycles. The molecule has 4 rings (SSSR count). The number of hydrogen-bond acceptors (Lipinski definition) is 6. The van der Waals surface area contributed by atoms with Crippen molar-refractivity contribution in [2.75, 3.05) is 14.2 Å². The first-order valence-corrected chi connectivity index (χ1v) is 17.9. The SMILES string of the molecule is COc1cc(C=N[C@@H](c2ccccc2)[C@@H](N=Cc2cc(OC)cc(C(C)(C)C)c2O)c2ccccc2)c(O)c(C(C)(C)C)c1.F[P-](F)(F)(F)(F)F.[Mn]. The first-order valence-electron chi connectivity index (χ1n) is 15.8. The smallest absolute Gasteiger partial charge is 0 e.